The first-order valence-electron chi connectivity index (χ1n) is 4.23. The van der Waals surface area contributed by atoms with E-state index in [0.717, 1.165) is 6.42 Å². The minimum absolute atomic E-state index is 1.14. The molecule has 60 valence electrons. The zero-order chi connectivity index (χ0) is 7.97. The Balaban J connectivity index is 2.46. The topological polar surface area (TPSA) is 30.2 Å². The molecule has 0 unspecified atom stereocenters. The summed E-state index contributed by atoms with van der Waals surface area (Å²) in [6.45, 7) is 0. The first-order valence-corrected chi connectivity index (χ1v) is 4.23. The van der Waals surface area contributed by atoms with Crippen molar-refractivity contribution in [2.24, 2.45) is 0 Å². The lowest BCUT2D eigenvalue weighted by atomic mass is 10.2. The summed E-state index contributed by atoms with van der Waals surface area (Å²) in [5.74, 6) is 0. The number of hydrogen-bond acceptors (Lipinski definition) is 2. The maximum absolute atomic E-state index is 4.38. The van der Waals surface area contributed by atoms with Gasteiger partial charge in [-0.2, -0.15) is 0 Å². The largest absolute Gasteiger partial charge is 0.289 e. The Hall–Kier alpha value is -1.38. The molecule has 0 saturated carbocycles. The number of rotatable bonds is 0. The molecule has 3 rings (SSSR count). The molecule has 0 spiro atoms. The van der Waals surface area contributed by atoms with Gasteiger partial charge in [-0.05, 0) is 24.8 Å². The highest BCUT2D eigenvalue weighted by Crippen LogP contribution is 2.23. The van der Waals surface area contributed by atoms with Crippen molar-refractivity contribution in [2.75, 3.05) is 0 Å². The quantitative estimate of drug-likeness (QED) is 0.578. The normalized spacial score (nSPS) is 15.3. The first-order chi connectivity index (χ1) is 5.95. The van der Waals surface area contributed by atoms with Crippen molar-refractivity contribution in [1.82, 2.24) is 14.4 Å². The third-order valence-electron chi connectivity index (χ3n) is 2.50. The average Bonchev–Trinajstić information content (AvgIpc) is 2.71. The smallest absolute Gasteiger partial charge is 0.101 e. The lowest BCUT2D eigenvalue weighted by molar-refractivity contribution is 0.898. The van der Waals surface area contributed by atoms with E-state index in [2.05, 4.69) is 9.97 Å². The summed E-state index contributed by atoms with van der Waals surface area (Å²) >= 11 is 0. The van der Waals surface area contributed by atoms with Crippen molar-refractivity contribution < 1.29 is 0 Å². The van der Waals surface area contributed by atoms with E-state index in [0.29, 0.717) is 0 Å². The summed E-state index contributed by atoms with van der Waals surface area (Å²) < 4.78 is 1.99. The number of aromatic nitrogens is 3. The highest BCUT2D eigenvalue weighted by atomic mass is 15.0. The number of imidazole rings is 1. The van der Waals surface area contributed by atoms with Crippen molar-refractivity contribution in [1.29, 1.82) is 0 Å². The van der Waals surface area contributed by atoms with Gasteiger partial charge in [-0.3, -0.25) is 4.40 Å². The Morgan fingerprint density at radius 1 is 1.25 bits per heavy atom. The minimum atomic E-state index is 1.14. The van der Waals surface area contributed by atoms with Gasteiger partial charge in [-0.15, -0.1) is 0 Å². The molecule has 1 aliphatic rings. The van der Waals surface area contributed by atoms with Crippen molar-refractivity contribution in [2.45, 2.75) is 19.3 Å². The summed E-state index contributed by atoms with van der Waals surface area (Å²) in [5.41, 5.74) is 3.90. The molecule has 2 heterocycles. The van der Waals surface area contributed by atoms with Gasteiger partial charge in [0.15, 0.2) is 0 Å². The molecule has 3 heteroatoms. The van der Waals surface area contributed by atoms with Crippen LogP contribution in [-0.2, 0) is 12.8 Å². The van der Waals surface area contributed by atoms with Crippen LogP contribution in [0.1, 0.15) is 17.7 Å². The molecule has 0 saturated heterocycles. The van der Waals surface area contributed by atoms with E-state index >= 15 is 0 Å². The third kappa shape index (κ3) is 0.656. The number of nitrogens with zero attached hydrogens (tertiary/aromatic N) is 3. The van der Waals surface area contributed by atoms with Crippen LogP contribution < -0.4 is 0 Å². The molecule has 12 heavy (non-hydrogen) atoms. The van der Waals surface area contributed by atoms with E-state index in [9.17, 15) is 0 Å². The Kier molecular flexibility index (Phi) is 1.06. The van der Waals surface area contributed by atoms with E-state index in [1.54, 1.807) is 6.33 Å². The van der Waals surface area contributed by atoms with Crippen LogP contribution in [0.3, 0.4) is 0 Å². The SMILES string of the molecule is c1ncn2cnc3c(c12)CCC3. The second-order valence-electron chi connectivity index (χ2n) is 3.21. The minimum Gasteiger partial charge on any atom is -0.289 e. The van der Waals surface area contributed by atoms with Crippen LogP contribution >= 0.6 is 0 Å². The van der Waals surface area contributed by atoms with Gasteiger partial charge in [0.2, 0.25) is 0 Å². The second-order valence-corrected chi connectivity index (χ2v) is 3.21. The molecule has 0 fully saturated rings. The number of aryl methyl sites for hydroxylation is 2. The summed E-state index contributed by atoms with van der Waals surface area (Å²) in [7, 11) is 0. The van der Waals surface area contributed by atoms with Gasteiger partial charge in [0.05, 0.1) is 11.7 Å². The van der Waals surface area contributed by atoms with Gasteiger partial charge in [0, 0.05) is 5.69 Å². The van der Waals surface area contributed by atoms with Crippen molar-refractivity contribution in [3.05, 3.63) is 30.1 Å². The average molecular weight is 159 g/mol. The third-order valence-corrected chi connectivity index (χ3v) is 2.50. The number of hydrogen-bond donors (Lipinski definition) is 0. The lowest BCUT2D eigenvalue weighted by Gasteiger charge is -1.99. The first kappa shape index (κ1) is 6.17. The second kappa shape index (κ2) is 2.06. The van der Waals surface area contributed by atoms with E-state index in [1.807, 2.05) is 16.9 Å². The van der Waals surface area contributed by atoms with Crippen molar-refractivity contribution in [3.8, 4) is 0 Å². The standard InChI is InChI=1S/C9H9N3/c1-2-7-8(3-1)11-6-12-5-10-4-9(7)12/h4-6H,1-3H2. The van der Waals surface area contributed by atoms with E-state index in [1.165, 1.54) is 29.6 Å². The van der Waals surface area contributed by atoms with Gasteiger partial charge >= 0.3 is 0 Å². The summed E-state index contributed by atoms with van der Waals surface area (Å²) in [6, 6.07) is 0. The van der Waals surface area contributed by atoms with Crippen LogP contribution in [0, 0.1) is 0 Å². The molecule has 0 amide bonds. The van der Waals surface area contributed by atoms with Gasteiger partial charge in [-0.1, -0.05) is 0 Å². The summed E-state index contributed by atoms with van der Waals surface area (Å²) in [5, 5.41) is 0. The molecule has 3 nitrogen and oxygen atoms in total. The van der Waals surface area contributed by atoms with Gasteiger partial charge in [0.1, 0.15) is 12.7 Å². The van der Waals surface area contributed by atoms with Crippen LogP contribution in [0.15, 0.2) is 18.9 Å². The van der Waals surface area contributed by atoms with E-state index in [4.69, 9.17) is 0 Å². The molecule has 0 aliphatic heterocycles. The molecular weight excluding hydrogens is 150 g/mol. The molecular formula is C9H9N3. The molecule has 1 aliphatic carbocycles. The maximum Gasteiger partial charge on any atom is 0.101 e. The highest BCUT2D eigenvalue weighted by Gasteiger charge is 2.14. The van der Waals surface area contributed by atoms with E-state index in [-0.39, 0.29) is 0 Å². The molecule has 0 aromatic carbocycles. The zero-order valence-electron chi connectivity index (χ0n) is 6.70. The Morgan fingerprint density at radius 3 is 3.25 bits per heavy atom. The molecule has 0 radical (unpaired) electrons. The molecule has 0 bridgehead atoms. The van der Waals surface area contributed by atoms with Gasteiger partial charge in [0.25, 0.3) is 0 Å². The van der Waals surface area contributed by atoms with Gasteiger partial charge in [-0.25, -0.2) is 9.97 Å². The summed E-state index contributed by atoms with van der Waals surface area (Å²) in [6.07, 6.45) is 9.13. The number of fused-ring (bicyclic) bond motifs is 3. The molecule has 0 atom stereocenters. The van der Waals surface area contributed by atoms with Crippen LogP contribution in [0.25, 0.3) is 5.52 Å². The molecule has 0 N–H and O–H groups in total. The fraction of sp³-hybridized carbons (Fsp3) is 0.333. The zero-order valence-corrected chi connectivity index (χ0v) is 6.70. The van der Waals surface area contributed by atoms with Crippen LogP contribution in [0.4, 0.5) is 0 Å². The van der Waals surface area contributed by atoms with Crippen LogP contribution in [0.5, 0.6) is 0 Å². The van der Waals surface area contributed by atoms with Gasteiger partial charge < -0.3 is 0 Å². The monoisotopic (exact) mass is 159 g/mol. The lowest BCUT2D eigenvalue weighted by Crippen LogP contribution is -1.93. The maximum atomic E-state index is 4.38. The fourth-order valence-corrected chi connectivity index (χ4v) is 1.91. The Morgan fingerprint density at radius 2 is 2.25 bits per heavy atom. The van der Waals surface area contributed by atoms with Crippen LogP contribution in [-0.4, -0.2) is 14.4 Å². The predicted octanol–water partition coefficient (Wildman–Crippen LogP) is 1.22. The van der Waals surface area contributed by atoms with Crippen molar-refractivity contribution in [3.63, 3.8) is 0 Å². The molecule has 2 aromatic heterocycles. The summed E-state index contributed by atoms with van der Waals surface area (Å²) in [4.78, 5) is 8.48. The van der Waals surface area contributed by atoms with Crippen molar-refractivity contribution >= 4 is 5.52 Å². The predicted molar refractivity (Wildman–Crippen MR) is 45.0 cm³/mol. The highest BCUT2D eigenvalue weighted by molar-refractivity contribution is 5.55. The Bertz CT molecular complexity index is 430. The fourth-order valence-electron chi connectivity index (χ4n) is 1.91. The molecule has 2 aromatic rings. The van der Waals surface area contributed by atoms with Crippen LogP contribution in [0.2, 0.25) is 0 Å². The Labute approximate surface area is 70.1 Å². The van der Waals surface area contributed by atoms with E-state index < -0.39 is 0 Å².